The average molecular weight is 332 g/mol. The van der Waals surface area contributed by atoms with Crippen molar-refractivity contribution in [3.05, 3.63) is 23.8 Å². The number of methoxy groups -OCH3 is 1. The first-order chi connectivity index (χ1) is 11.3. The molecule has 0 radical (unpaired) electrons. The molecule has 1 saturated heterocycles. The van der Waals surface area contributed by atoms with Gasteiger partial charge in [0.05, 0.1) is 0 Å². The van der Waals surface area contributed by atoms with E-state index in [0.717, 1.165) is 24.3 Å². The first-order valence-electron chi connectivity index (χ1n) is 9.38. The van der Waals surface area contributed by atoms with Crippen molar-refractivity contribution in [1.29, 1.82) is 0 Å². The number of carbonyl (C=O) groups is 1. The lowest BCUT2D eigenvalue weighted by Gasteiger charge is -2.58. The van der Waals surface area contributed by atoms with E-state index in [-0.39, 0.29) is 5.97 Å². The Labute approximate surface area is 146 Å². The van der Waals surface area contributed by atoms with Crippen molar-refractivity contribution in [3.63, 3.8) is 0 Å². The summed E-state index contributed by atoms with van der Waals surface area (Å²) in [7, 11) is 1.58. The number of hydrogen-bond donors (Lipinski definition) is 0. The fraction of sp³-hybridized carbons (Fsp3) is 0.762. The van der Waals surface area contributed by atoms with Crippen LogP contribution in [0.5, 0.6) is 0 Å². The van der Waals surface area contributed by atoms with Crippen LogP contribution < -0.4 is 0 Å². The van der Waals surface area contributed by atoms with Crippen molar-refractivity contribution in [2.75, 3.05) is 7.11 Å². The second kappa shape index (κ2) is 6.33. The van der Waals surface area contributed by atoms with Crippen LogP contribution in [0.25, 0.3) is 0 Å². The monoisotopic (exact) mass is 332 g/mol. The van der Waals surface area contributed by atoms with Crippen LogP contribution in [-0.4, -0.2) is 19.4 Å². The van der Waals surface area contributed by atoms with E-state index in [9.17, 15) is 4.79 Å². The second-order valence-electron chi connectivity index (χ2n) is 8.89. The van der Waals surface area contributed by atoms with Crippen LogP contribution in [0.1, 0.15) is 65.7 Å². The minimum absolute atomic E-state index is 0.214. The van der Waals surface area contributed by atoms with Crippen molar-refractivity contribution in [3.8, 4) is 0 Å². The summed E-state index contributed by atoms with van der Waals surface area (Å²) in [6.07, 6.45) is 9.47. The number of hydrogen-bond acceptors (Lipinski definition) is 3. The first kappa shape index (κ1) is 17.7. The van der Waals surface area contributed by atoms with Crippen LogP contribution in [0, 0.1) is 22.7 Å². The van der Waals surface area contributed by atoms with Crippen LogP contribution >= 0.6 is 0 Å². The molecule has 1 heterocycles. The molecule has 134 valence electrons. The molecule has 0 spiro atoms. The molecule has 0 aromatic rings. The molecule has 0 amide bonds. The van der Waals surface area contributed by atoms with Gasteiger partial charge in [-0.25, -0.2) is 4.79 Å². The molecule has 4 atom stereocenters. The van der Waals surface area contributed by atoms with Gasteiger partial charge in [0, 0.05) is 19.1 Å². The Morgan fingerprint density at radius 2 is 2.08 bits per heavy atom. The zero-order valence-corrected chi connectivity index (χ0v) is 15.7. The summed E-state index contributed by atoms with van der Waals surface area (Å²) >= 11 is 0. The molecule has 0 bridgehead atoms. The second-order valence-corrected chi connectivity index (χ2v) is 8.89. The third-order valence-corrected chi connectivity index (χ3v) is 7.07. The van der Waals surface area contributed by atoms with E-state index >= 15 is 0 Å². The summed E-state index contributed by atoms with van der Waals surface area (Å²) in [5, 5.41) is 0. The van der Waals surface area contributed by atoms with Crippen LogP contribution in [-0.2, 0) is 14.3 Å². The Balaban J connectivity index is 1.81. The fourth-order valence-corrected chi connectivity index (χ4v) is 5.77. The molecule has 3 nitrogen and oxygen atoms in total. The molecule has 24 heavy (non-hydrogen) atoms. The van der Waals surface area contributed by atoms with Gasteiger partial charge in [0.15, 0.2) is 0 Å². The van der Waals surface area contributed by atoms with Crippen LogP contribution in [0.4, 0.5) is 0 Å². The first-order valence-corrected chi connectivity index (χ1v) is 9.38. The van der Waals surface area contributed by atoms with Crippen molar-refractivity contribution >= 4 is 5.97 Å². The molecule has 2 saturated carbocycles. The highest BCUT2D eigenvalue weighted by Crippen LogP contribution is 2.61. The Morgan fingerprint density at radius 1 is 1.33 bits per heavy atom. The fourth-order valence-electron chi connectivity index (χ4n) is 5.77. The van der Waals surface area contributed by atoms with Crippen molar-refractivity contribution in [1.82, 2.24) is 0 Å². The van der Waals surface area contributed by atoms with E-state index < -0.39 is 6.29 Å². The van der Waals surface area contributed by atoms with Gasteiger partial charge in [-0.2, -0.15) is 0 Å². The van der Waals surface area contributed by atoms with Gasteiger partial charge in [-0.3, -0.25) is 0 Å². The molecule has 3 rings (SSSR count). The molecule has 1 unspecified atom stereocenters. The highest BCUT2D eigenvalue weighted by Gasteiger charge is 2.52. The average Bonchev–Trinajstić information content (AvgIpc) is 2.86. The molecular weight excluding hydrogens is 300 g/mol. The maximum atomic E-state index is 12.0. The largest absolute Gasteiger partial charge is 0.432 e. The normalized spacial score (nSPS) is 40.5. The topological polar surface area (TPSA) is 35.5 Å². The molecule has 0 N–H and O–H groups in total. The van der Waals surface area contributed by atoms with Gasteiger partial charge in [-0.1, -0.05) is 45.4 Å². The van der Waals surface area contributed by atoms with E-state index in [4.69, 9.17) is 9.47 Å². The lowest BCUT2D eigenvalue weighted by atomic mass is 9.47. The number of ether oxygens (including phenoxy) is 2. The molecule has 0 aromatic heterocycles. The summed E-state index contributed by atoms with van der Waals surface area (Å²) in [5.74, 6) is 1.00. The summed E-state index contributed by atoms with van der Waals surface area (Å²) < 4.78 is 10.4. The summed E-state index contributed by atoms with van der Waals surface area (Å²) in [6.45, 7) is 11.8. The maximum Gasteiger partial charge on any atom is 0.336 e. The predicted molar refractivity (Wildman–Crippen MR) is 95.3 cm³/mol. The Hall–Kier alpha value is -1.09. The van der Waals surface area contributed by atoms with Crippen LogP contribution in [0.3, 0.4) is 0 Å². The lowest BCUT2D eigenvalue weighted by molar-refractivity contribution is -0.156. The van der Waals surface area contributed by atoms with Crippen molar-refractivity contribution in [2.24, 2.45) is 22.7 Å². The summed E-state index contributed by atoms with van der Waals surface area (Å²) in [6, 6.07) is 0. The standard InChI is InChI=1S/C21H32O3/c1-14-7-10-17-20(2,3)11-6-12-21(17,4)16(14)9-8-15-13-18(23-5)24-19(15)22/h8,16-18H,1,6-7,9-13H2,2-5H3/t16-,17-,18?,21+/m0/s1. The quantitative estimate of drug-likeness (QED) is 0.413. The minimum atomic E-state index is -0.407. The Morgan fingerprint density at radius 3 is 2.75 bits per heavy atom. The summed E-state index contributed by atoms with van der Waals surface area (Å²) in [5.41, 5.74) is 2.86. The molecule has 0 aromatic carbocycles. The van der Waals surface area contributed by atoms with Gasteiger partial charge >= 0.3 is 5.97 Å². The zero-order chi connectivity index (χ0) is 17.5. The molecule has 3 heteroatoms. The van der Waals surface area contributed by atoms with Gasteiger partial charge in [0.25, 0.3) is 0 Å². The zero-order valence-electron chi connectivity index (χ0n) is 15.7. The third kappa shape index (κ3) is 2.96. The highest BCUT2D eigenvalue weighted by atomic mass is 16.7. The molecule has 3 fully saturated rings. The van der Waals surface area contributed by atoms with E-state index in [2.05, 4.69) is 33.4 Å². The van der Waals surface area contributed by atoms with E-state index in [0.29, 0.717) is 23.2 Å². The SMILES string of the molecule is C=C1CC[C@H]2C(C)(C)CCC[C@]2(C)[C@H]1CC=C1CC(OC)OC1=O. The van der Waals surface area contributed by atoms with Gasteiger partial charge in [-0.15, -0.1) is 0 Å². The van der Waals surface area contributed by atoms with Crippen molar-refractivity contribution < 1.29 is 14.3 Å². The number of rotatable bonds is 3. The van der Waals surface area contributed by atoms with Gasteiger partial charge < -0.3 is 9.47 Å². The van der Waals surface area contributed by atoms with Crippen LogP contribution in [0.15, 0.2) is 23.8 Å². The van der Waals surface area contributed by atoms with E-state index in [1.807, 2.05) is 0 Å². The Kier molecular flexibility index (Phi) is 4.67. The summed E-state index contributed by atoms with van der Waals surface area (Å²) in [4.78, 5) is 12.0. The van der Waals surface area contributed by atoms with Crippen molar-refractivity contribution in [2.45, 2.75) is 72.0 Å². The van der Waals surface area contributed by atoms with Crippen LogP contribution in [0.2, 0.25) is 0 Å². The molecular formula is C21H32O3. The van der Waals surface area contributed by atoms with E-state index in [1.165, 1.54) is 31.3 Å². The number of cyclic esters (lactones) is 1. The molecule has 2 aliphatic carbocycles. The smallest absolute Gasteiger partial charge is 0.336 e. The van der Waals surface area contributed by atoms with Gasteiger partial charge in [-0.05, 0) is 54.8 Å². The minimum Gasteiger partial charge on any atom is -0.432 e. The molecule has 3 aliphatic rings. The number of fused-ring (bicyclic) bond motifs is 1. The highest BCUT2D eigenvalue weighted by molar-refractivity contribution is 5.90. The number of carbonyl (C=O) groups excluding carboxylic acids is 1. The number of esters is 1. The van der Waals surface area contributed by atoms with Gasteiger partial charge in [0.2, 0.25) is 6.29 Å². The lowest BCUT2D eigenvalue weighted by Crippen LogP contribution is -2.49. The van der Waals surface area contributed by atoms with Gasteiger partial charge in [0.1, 0.15) is 0 Å². The molecule has 1 aliphatic heterocycles. The Bertz CT molecular complexity index is 559. The third-order valence-electron chi connectivity index (χ3n) is 7.07. The number of allylic oxidation sites excluding steroid dienone is 2. The van der Waals surface area contributed by atoms with E-state index in [1.54, 1.807) is 7.11 Å². The maximum absolute atomic E-state index is 12.0. The predicted octanol–water partition coefficient (Wildman–Crippen LogP) is 5.02.